The van der Waals surface area contributed by atoms with Gasteiger partial charge in [-0.1, -0.05) is 27.7 Å². The maximum absolute atomic E-state index is 14.4. The first kappa shape index (κ1) is 43.1. The van der Waals surface area contributed by atoms with E-state index in [0.29, 0.717) is 12.8 Å². The normalized spacial score (nSPS) is 49.4. The summed E-state index contributed by atoms with van der Waals surface area (Å²) < 4.78 is 45.5. The molecule has 0 saturated carbocycles. The van der Waals surface area contributed by atoms with Gasteiger partial charge in [-0.25, -0.2) is 0 Å². The number of ether oxygens (including phenoxy) is 7. The summed E-state index contributed by atoms with van der Waals surface area (Å²) in [6.07, 6.45) is -7.29. The summed E-state index contributed by atoms with van der Waals surface area (Å²) in [5.41, 5.74) is -3.73. The molecular weight excluding hydrogens is 688 g/mol. The topological polar surface area (TPSA) is 178 Å². The third kappa shape index (κ3) is 8.64. The Morgan fingerprint density at radius 3 is 2.30 bits per heavy atom. The number of nitrogens with one attached hydrogen (secondary N) is 1. The number of hydrogen-bond acceptors (Lipinski definition) is 14. The number of hydrogen-bond donors (Lipinski definition) is 5. The van der Waals surface area contributed by atoms with E-state index < -0.39 is 102 Å². The molecule has 0 unspecified atom stereocenters. The van der Waals surface area contributed by atoms with E-state index in [1.807, 2.05) is 27.7 Å². The zero-order valence-corrected chi connectivity index (χ0v) is 33.9. The van der Waals surface area contributed by atoms with Crippen molar-refractivity contribution in [3.8, 4) is 0 Å². The molecule has 14 heteroatoms. The third-order valence-electron chi connectivity index (χ3n) is 13.3. The molecule has 5 saturated heterocycles. The lowest BCUT2D eigenvalue weighted by molar-refractivity contribution is -0.318. The Labute approximate surface area is 316 Å². The summed E-state index contributed by atoms with van der Waals surface area (Å²) in [6, 6.07) is -0.169. The van der Waals surface area contributed by atoms with Gasteiger partial charge in [0, 0.05) is 57.6 Å². The lowest BCUT2D eigenvalue weighted by atomic mass is 9.76. The Bertz CT molecular complexity index is 1220. The van der Waals surface area contributed by atoms with Gasteiger partial charge in [0.25, 0.3) is 0 Å². The second kappa shape index (κ2) is 16.8. The van der Waals surface area contributed by atoms with Crippen molar-refractivity contribution < 1.29 is 58.4 Å². The Morgan fingerprint density at radius 1 is 1.02 bits per heavy atom. The molecule has 0 aromatic heterocycles. The minimum Gasteiger partial charge on any atom is -0.459 e. The van der Waals surface area contributed by atoms with Gasteiger partial charge in [0.15, 0.2) is 12.6 Å². The monoisotopic (exact) mass is 758 g/mol. The Kier molecular flexibility index (Phi) is 13.7. The minimum atomic E-state index is -1.79. The summed E-state index contributed by atoms with van der Waals surface area (Å²) >= 11 is 0. The average Bonchev–Trinajstić information content (AvgIpc) is 3.44. The van der Waals surface area contributed by atoms with Crippen molar-refractivity contribution >= 4 is 5.97 Å². The third-order valence-corrected chi connectivity index (χ3v) is 13.3. The largest absolute Gasteiger partial charge is 0.459 e. The Balaban J connectivity index is 1.57. The van der Waals surface area contributed by atoms with Crippen molar-refractivity contribution in [3.63, 3.8) is 0 Å². The lowest BCUT2D eigenvalue weighted by Gasteiger charge is -2.49. The lowest BCUT2D eigenvalue weighted by Crippen LogP contribution is -2.62. The van der Waals surface area contributed by atoms with Gasteiger partial charge < -0.3 is 58.9 Å². The number of carbonyl (C=O) groups excluding carboxylic acids is 1. The van der Waals surface area contributed by atoms with E-state index in [1.54, 1.807) is 27.7 Å². The molecule has 5 heterocycles. The van der Waals surface area contributed by atoms with Crippen molar-refractivity contribution in [2.75, 3.05) is 33.3 Å². The zero-order chi connectivity index (χ0) is 39.2. The van der Waals surface area contributed by atoms with Crippen LogP contribution in [0.4, 0.5) is 0 Å². The van der Waals surface area contributed by atoms with Crippen LogP contribution in [-0.4, -0.2) is 155 Å². The van der Waals surface area contributed by atoms with Gasteiger partial charge in [-0.15, -0.1) is 0 Å². The number of cyclic esters (lactones) is 1. The molecule has 308 valence electrons. The molecule has 5 N–H and O–H groups in total. The molecule has 53 heavy (non-hydrogen) atoms. The molecule has 14 nitrogen and oxygen atoms in total. The second-order valence-electron chi connectivity index (χ2n) is 17.6. The number of piperazine rings is 1. The van der Waals surface area contributed by atoms with Crippen LogP contribution in [-0.2, 0) is 38.0 Å². The van der Waals surface area contributed by atoms with Gasteiger partial charge in [0.05, 0.1) is 53.7 Å². The summed E-state index contributed by atoms with van der Waals surface area (Å²) in [5.74, 6) is -2.67. The molecule has 5 aliphatic heterocycles. The molecule has 5 rings (SSSR count). The van der Waals surface area contributed by atoms with Gasteiger partial charge in [-0.3, -0.25) is 9.69 Å². The molecule has 0 amide bonds. The van der Waals surface area contributed by atoms with Crippen molar-refractivity contribution in [2.24, 2.45) is 23.7 Å². The molecule has 5 aliphatic rings. The summed E-state index contributed by atoms with van der Waals surface area (Å²) in [5, 5.41) is 49.1. The number of esters is 1. The number of carbonyl (C=O) groups is 1. The number of methoxy groups -OCH3 is 1. The quantitative estimate of drug-likeness (QED) is 0.216. The first-order valence-corrected chi connectivity index (χ1v) is 20.0. The standard InChI is InChI=1S/C39H70N2O12/c1-12-27(42)39(10,46)34-22(4)30-20(2)18-38(9,53-30)33(52-36-29(43)26(17-21(3)48-36)41-15-13-40-14-16-41)23(5)31(24(6)35(45)51-34)50-28-19-37(8,47-11)32(44)25(7)49-28/h20-34,36,40,42-44,46H,12-19H2,1-11H3/t20-,21-,22+,23+,24-,25+,26+,27-,28+,29-,30+,31+,32+,33-,34-,36+,37-,38-,39-/m1/s1. The van der Waals surface area contributed by atoms with Crippen molar-refractivity contribution in [1.29, 1.82) is 0 Å². The number of rotatable bonds is 9. The first-order chi connectivity index (χ1) is 24.8. The summed E-state index contributed by atoms with van der Waals surface area (Å²) in [7, 11) is 1.54. The minimum absolute atomic E-state index is 0.0589. The fourth-order valence-corrected chi connectivity index (χ4v) is 10.1. The highest BCUT2D eigenvalue weighted by Gasteiger charge is 2.59. The predicted molar refractivity (Wildman–Crippen MR) is 195 cm³/mol. The highest BCUT2D eigenvalue weighted by atomic mass is 16.7. The van der Waals surface area contributed by atoms with Crippen LogP contribution in [0.1, 0.15) is 94.9 Å². The summed E-state index contributed by atoms with van der Waals surface area (Å²) in [6.45, 7) is 21.7. The molecule has 0 spiro atoms. The highest BCUT2D eigenvalue weighted by molar-refractivity contribution is 5.73. The Morgan fingerprint density at radius 2 is 1.68 bits per heavy atom. The van der Waals surface area contributed by atoms with E-state index in [0.717, 1.165) is 26.2 Å². The first-order valence-electron chi connectivity index (χ1n) is 20.0. The molecule has 5 fully saturated rings. The van der Waals surface area contributed by atoms with Crippen LogP contribution in [0.25, 0.3) is 0 Å². The average molecular weight is 759 g/mol. The van der Waals surface area contributed by atoms with Gasteiger partial charge >= 0.3 is 5.97 Å². The van der Waals surface area contributed by atoms with E-state index in [-0.39, 0.29) is 30.9 Å². The van der Waals surface area contributed by atoms with E-state index in [2.05, 4.69) is 17.1 Å². The van der Waals surface area contributed by atoms with E-state index in [1.165, 1.54) is 14.0 Å². The number of aliphatic hydroxyl groups is 4. The molecule has 2 bridgehead atoms. The fourth-order valence-electron chi connectivity index (χ4n) is 10.1. The van der Waals surface area contributed by atoms with Crippen molar-refractivity contribution in [3.05, 3.63) is 0 Å². The van der Waals surface area contributed by atoms with Crippen molar-refractivity contribution in [2.45, 2.75) is 185 Å². The van der Waals surface area contributed by atoms with Gasteiger partial charge in [-0.2, -0.15) is 0 Å². The van der Waals surface area contributed by atoms with Crippen LogP contribution in [0.5, 0.6) is 0 Å². The number of nitrogens with zero attached hydrogens (tertiary/aromatic N) is 1. The summed E-state index contributed by atoms with van der Waals surface area (Å²) in [4.78, 5) is 16.7. The van der Waals surface area contributed by atoms with E-state index >= 15 is 0 Å². The van der Waals surface area contributed by atoms with Crippen LogP contribution in [0.3, 0.4) is 0 Å². The molecule has 0 aliphatic carbocycles. The second-order valence-corrected chi connectivity index (χ2v) is 17.6. The van der Waals surface area contributed by atoms with Crippen LogP contribution in [0.15, 0.2) is 0 Å². The molecule has 0 aromatic carbocycles. The molecule has 0 radical (unpaired) electrons. The molecular formula is C39H70N2O12. The van der Waals surface area contributed by atoms with Crippen LogP contribution >= 0.6 is 0 Å². The maximum Gasteiger partial charge on any atom is 0.311 e. The highest BCUT2D eigenvalue weighted by Crippen LogP contribution is 2.48. The van der Waals surface area contributed by atoms with Crippen LogP contribution < -0.4 is 5.32 Å². The van der Waals surface area contributed by atoms with Crippen LogP contribution in [0.2, 0.25) is 0 Å². The van der Waals surface area contributed by atoms with Gasteiger partial charge in [0.2, 0.25) is 0 Å². The van der Waals surface area contributed by atoms with E-state index in [9.17, 15) is 25.2 Å². The van der Waals surface area contributed by atoms with Crippen LogP contribution in [0, 0.1) is 23.7 Å². The number of fused-ring (bicyclic) bond motifs is 2. The molecule has 0 aromatic rings. The van der Waals surface area contributed by atoms with E-state index in [4.69, 9.17) is 33.2 Å². The smallest absolute Gasteiger partial charge is 0.311 e. The SMILES string of the molecule is CC[C@@H](O)[C@@](C)(O)[C@@H]1OC(=O)[C@H](C)[C@@H](O[C@H]2C[C@@](C)(OC)[C@@H](O)[C@H](C)O2)[C@H](C)[C@@H](O[C@@H]2O[C@H](C)C[C@H](N3CCNCC3)[C@H]2O)[C@@]2(C)C[C@@H](C)[C@H](O2)[C@@H]1C. The predicted octanol–water partition coefficient (Wildman–Crippen LogP) is 1.97. The zero-order valence-electron chi connectivity index (χ0n) is 33.9. The van der Waals surface area contributed by atoms with Gasteiger partial charge in [-0.05, 0) is 66.7 Å². The van der Waals surface area contributed by atoms with Gasteiger partial charge in [0.1, 0.15) is 23.9 Å². The Hall–Kier alpha value is -1.01. The maximum atomic E-state index is 14.4. The van der Waals surface area contributed by atoms with Crippen molar-refractivity contribution in [1.82, 2.24) is 10.2 Å². The molecule has 19 atom stereocenters. The fraction of sp³-hybridized carbons (Fsp3) is 0.974. The number of aliphatic hydroxyl groups excluding tert-OH is 3.